The Morgan fingerprint density at radius 3 is 2.80 bits per heavy atom. The monoisotopic (exact) mass is 271 g/mol. The van der Waals surface area contributed by atoms with E-state index >= 15 is 0 Å². The Labute approximate surface area is 117 Å². The second-order valence-corrected chi connectivity index (χ2v) is 5.25. The fraction of sp³-hybridized carbons (Fsp3) is 0.400. The van der Waals surface area contributed by atoms with Gasteiger partial charge in [-0.15, -0.1) is 0 Å². The number of nitrogens with one attached hydrogen (secondary N) is 1. The molecule has 0 saturated heterocycles. The van der Waals surface area contributed by atoms with Crippen LogP contribution in [0.5, 0.6) is 11.5 Å². The number of benzene rings is 1. The first-order chi connectivity index (χ1) is 9.81. The number of nitrogens with zero attached hydrogens (tertiary/aromatic N) is 2. The molecule has 3 heterocycles. The maximum atomic E-state index is 5.70. The molecule has 20 heavy (non-hydrogen) atoms. The maximum Gasteiger partial charge on any atom is 0.161 e. The molecule has 2 aromatic rings. The van der Waals surface area contributed by atoms with Crippen LogP contribution in [-0.4, -0.2) is 29.5 Å². The summed E-state index contributed by atoms with van der Waals surface area (Å²) >= 11 is 0. The minimum atomic E-state index is 0.135. The first kappa shape index (κ1) is 11.8. The zero-order valence-corrected chi connectivity index (χ0v) is 11.4. The summed E-state index contributed by atoms with van der Waals surface area (Å²) in [4.78, 5) is 0. The molecule has 0 radical (unpaired) electrons. The van der Waals surface area contributed by atoms with Gasteiger partial charge in [-0.1, -0.05) is 0 Å². The van der Waals surface area contributed by atoms with Crippen LogP contribution >= 0.6 is 0 Å². The van der Waals surface area contributed by atoms with E-state index in [2.05, 4.69) is 28.6 Å². The molecule has 1 N–H and O–H groups in total. The van der Waals surface area contributed by atoms with E-state index in [0.717, 1.165) is 30.2 Å². The molecule has 0 saturated carbocycles. The predicted octanol–water partition coefficient (Wildman–Crippen LogP) is 1.43. The lowest BCUT2D eigenvalue weighted by Gasteiger charge is -2.28. The minimum Gasteiger partial charge on any atom is -0.486 e. The third-order valence-corrected chi connectivity index (χ3v) is 3.89. The van der Waals surface area contributed by atoms with Gasteiger partial charge in [0, 0.05) is 19.8 Å². The molecule has 0 spiro atoms. The molecule has 0 aliphatic carbocycles. The lowest BCUT2D eigenvalue weighted by atomic mass is 9.92. The van der Waals surface area contributed by atoms with E-state index in [4.69, 9.17) is 9.47 Å². The fourth-order valence-electron chi connectivity index (χ4n) is 2.94. The Balaban J connectivity index is 1.80. The molecule has 104 valence electrons. The van der Waals surface area contributed by atoms with Crippen LogP contribution in [0.3, 0.4) is 0 Å². The van der Waals surface area contributed by atoms with Crippen molar-refractivity contribution in [3.05, 3.63) is 41.2 Å². The summed E-state index contributed by atoms with van der Waals surface area (Å²) < 4.78 is 13.2. The van der Waals surface area contributed by atoms with E-state index in [0.29, 0.717) is 13.2 Å². The van der Waals surface area contributed by atoms with Gasteiger partial charge in [-0.25, -0.2) is 0 Å². The average Bonchev–Trinajstić information content (AvgIpc) is 2.91. The third-order valence-electron chi connectivity index (χ3n) is 3.89. The molecular formula is C15H17N3O2. The Hall–Kier alpha value is -2.01. The summed E-state index contributed by atoms with van der Waals surface area (Å²) in [5, 5.41) is 8.07. The second-order valence-electron chi connectivity index (χ2n) is 5.25. The van der Waals surface area contributed by atoms with Crippen LogP contribution in [-0.2, 0) is 13.5 Å². The average molecular weight is 271 g/mol. The standard InChI is InChI=1S/C15H17N3O2/c1-18-5-3-12(17-18)15-11-9-14-13(19-6-7-20-14)8-10(11)2-4-16-15/h3,5,8-9,15-16H,2,4,6-7H2,1H3. The zero-order valence-electron chi connectivity index (χ0n) is 11.4. The van der Waals surface area contributed by atoms with Gasteiger partial charge in [0.15, 0.2) is 11.5 Å². The molecule has 5 heteroatoms. The smallest absolute Gasteiger partial charge is 0.161 e. The fourth-order valence-corrected chi connectivity index (χ4v) is 2.94. The Morgan fingerprint density at radius 1 is 1.25 bits per heavy atom. The number of aromatic nitrogens is 2. The summed E-state index contributed by atoms with van der Waals surface area (Å²) in [7, 11) is 1.94. The highest BCUT2D eigenvalue weighted by molar-refractivity contribution is 5.51. The van der Waals surface area contributed by atoms with Crippen molar-refractivity contribution in [2.24, 2.45) is 7.05 Å². The van der Waals surface area contributed by atoms with Crippen molar-refractivity contribution in [3.8, 4) is 11.5 Å². The summed E-state index contributed by atoms with van der Waals surface area (Å²) in [6, 6.07) is 6.43. The molecule has 1 aromatic carbocycles. The van der Waals surface area contributed by atoms with Crippen molar-refractivity contribution in [2.75, 3.05) is 19.8 Å². The van der Waals surface area contributed by atoms with Crippen LogP contribution < -0.4 is 14.8 Å². The molecule has 2 aliphatic heterocycles. The van der Waals surface area contributed by atoms with E-state index in [-0.39, 0.29) is 6.04 Å². The number of fused-ring (bicyclic) bond motifs is 2. The summed E-state index contributed by atoms with van der Waals surface area (Å²) in [6.07, 6.45) is 2.98. The van der Waals surface area contributed by atoms with Crippen molar-refractivity contribution in [3.63, 3.8) is 0 Å². The van der Waals surface area contributed by atoms with Gasteiger partial charge < -0.3 is 14.8 Å². The Morgan fingerprint density at radius 2 is 2.05 bits per heavy atom. The number of rotatable bonds is 1. The first-order valence-electron chi connectivity index (χ1n) is 6.96. The Kier molecular flexibility index (Phi) is 2.67. The lowest BCUT2D eigenvalue weighted by Crippen LogP contribution is -2.31. The van der Waals surface area contributed by atoms with Gasteiger partial charge in [-0.05, 0) is 35.7 Å². The van der Waals surface area contributed by atoms with E-state index < -0.39 is 0 Å². The highest BCUT2D eigenvalue weighted by Crippen LogP contribution is 2.38. The van der Waals surface area contributed by atoms with Gasteiger partial charge in [0.25, 0.3) is 0 Å². The quantitative estimate of drug-likeness (QED) is 0.852. The van der Waals surface area contributed by atoms with Crippen molar-refractivity contribution in [1.82, 2.24) is 15.1 Å². The minimum absolute atomic E-state index is 0.135. The topological polar surface area (TPSA) is 48.3 Å². The molecule has 0 bridgehead atoms. The van der Waals surface area contributed by atoms with Crippen molar-refractivity contribution < 1.29 is 9.47 Å². The molecule has 2 aliphatic rings. The molecule has 1 unspecified atom stereocenters. The van der Waals surface area contributed by atoms with Gasteiger partial charge in [-0.3, -0.25) is 4.68 Å². The predicted molar refractivity (Wildman–Crippen MR) is 74.2 cm³/mol. The molecular weight excluding hydrogens is 254 g/mol. The highest BCUT2D eigenvalue weighted by Gasteiger charge is 2.26. The van der Waals surface area contributed by atoms with Crippen LogP contribution in [0.15, 0.2) is 24.4 Å². The summed E-state index contributed by atoms with van der Waals surface area (Å²) in [6.45, 7) is 2.20. The second kappa shape index (κ2) is 4.52. The number of hydrogen-bond donors (Lipinski definition) is 1. The normalized spacial score (nSPS) is 20.6. The van der Waals surface area contributed by atoms with E-state index in [1.54, 1.807) is 0 Å². The summed E-state index contributed by atoms with van der Waals surface area (Å²) in [5.74, 6) is 1.72. The van der Waals surface area contributed by atoms with Crippen molar-refractivity contribution >= 4 is 0 Å². The highest BCUT2D eigenvalue weighted by atomic mass is 16.6. The van der Waals surface area contributed by atoms with Crippen molar-refractivity contribution in [1.29, 1.82) is 0 Å². The third kappa shape index (κ3) is 1.86. The summed E-state index contributed by atoms with van der Waals surface area (Å²) in [5.41, 5.74) is 3.62. The van der Waals surface area contributed by atoms with Crippen LogP contribution in [0.1, 0.15) is 22.9 Å². The molecule has 0 fully saturated rings. The molecule has 1 aromatic heterocycles. The zero-order chi connectivity index (χ0) is 13.5. The van der Waals surface area contributed by atoms with Crippen LogP contribution in [0.4, 0.5) is 0 Å². The number of hydrogen-bond acceptors (Lipinski definition) is 4. The van der Waals surface area contributed by atoms with Gasteiger partial charge in [0.05, 0.1) is 11.7 Å². The van der Waals surface area contributed by atoms with Crippen LogP contribution in [0.25, 0.3) is 0 Å². The van der Waals surface area contributed by atoms with E-state index in [1.165, 1.54) is 11.1 Å². The van der Waals surface area contributed by atoms with Gasteiger partial charge in [0.1, 0.15) is 13.2 Å². The van der Waals surface area contributed by atoms with Crippen LogP contribution in [0.2, 0.25) is 0 Å². The van der Waals surface area contributed by atoms with Gasteiger partial charge in [-0.2, -0.15) is 5.10 Å². The van der Waals surface area contributed by atoms with Gasteiger partial charge in [0.2, 0.25) is 0 Å². The number of aryl methyl sites for hydroxylation is 1. The SMILES string of the molecule is Cn1ccc(C2NCCc3cc4c(cc32)OCCO4)n1. The Bertz CT molecular complexity index is 651. The molecule has 5 nitrogen and oxygen atoms in total. The van der Waals surface area contributed by atoms with Crippen molar-refractivity contribution in [2.45, 2.75) is 12.5 Å². The van der Waals surface area contributed by atoms with Crippen LogP contribution in [0, 0.1) is 0 Å². The first-order valence-corrected chi connectivity index (χ1v) is 6.96. The number of ether oxygens (including phenoxy) is 2. The maximum absolute atomic E-state index is 5.70. The lowest BCUT2D eigenvalue weighted by molar-refractivity contribution is 0.171. The van der Waals surface area contributed by atoms with E-state index in [9.17, 15) is 0 Å². The van der Waals surface area contributed by atoms with Gasteiger partial charge >= 0.3 is 0 Å². The largest absolute Gasteiger partial charge is 0.486 e. The molecule has 1 atom stereocenters. The molecule has 4 rings (SSSR count). The van der Waals surface area contributed by atoms with E-state index in [1.807, 2.05) is 17.9 Å². The molecule has 0 amide bonds.